The van der Waals surface area contributed by atoms with E-state index in [-0.39, 0.29) is 12.0 Å². The molecule has 1 unspecified atom stereocenters. The fraction of sp³-hybridized carbons (Fsp3) is 0.136. The van der Waals surface area contributed by atoms with Gasteiger partial charge in [-0.25, -0.2) is 0 Å². The lowest BCUT2D eigenvalue weighted by Crippen LogP contribution is -2.40. The monoisotopic (exact) mass is 359 g/mol. The van der Waals surface area contributed by atoms with Crippen molar-refractivity contribution < 1.29 is 18.7 Å². The Morgan fingerprint density at radius 2 is 1.78 bits per heavy atom. The van der Waals surface area contributed by atoms with Gasteiger partial charge < -0.3 is 19.2 Å². The minimum atomic E-state index is -0.266. The molecule has 5 nitrogen and oxygen atoms in total. The molecule has 134 valence electrons. The van der Waals surface area contributed by atoms with Gasteiger partial charge in [-0.2, -0.15) is 0 Å². The summed E-state index contributed by atoms with van der Waals surface area (Å²) in [5, 5.41) is 5.99. The maximum atomic E-state index is 12.5. The standard InChI is InChI=1S/C22H17NO4/c24-22(23-12-15-13-25-19-7-3-4-8-20(19)26-15)21-11-17-16-6-2-1-5-14(16)9-10-18(17)27-21/h1-11,15H,12-13H2,(H,23,24). The number of furan rings is 1. The third-order valence-electron chi connectivity index (χ3n) is 4.71. The van der Waals surface area contributed by atoms with Crippen molar-refractivity contribution in [2.75, 3.05) is 13.2 Å². The number of benzene rings is 3. The number of hydrogen-bond acceptors (Lipinski definition) is 4. The molecular formula is C22H17NO4. The molecule has 5 heteroatoms. The molecule has 0 bridgehead atoms. The summed E-state index contributed by atoms with van der Waals surface area (Å²) in [5.74, 6) is 1.44. The van der Waals surface area contributed by atoms with Crippen LogP contribution in [0.4, 0.5) is 0 Å². The Balaban J connectivity index is 1.32. The van der Waals surface area contributed by atoms with E-state index in [9.17, 15) is 4.79 Å². The van der Waals surface area contributed by atoms with Gasteiger partial charge in [0, 0.05) is 5.39 Å². The first-order chi connectivity index (χ1) is 13.3. The van der Waals surface area contributed by atoms with Crippen molar-refractivity contribution in [3.63, 3.8) is 0 Å². The minimum absolute atomic E-state index is 0.242. The lowest BCUT2D eigenvalue weighted by molar-refractivity contribution is 0.0774. The van der Waals surface area contributed by atoms with Crippen LogP contribution in [-0.2, 0) is 0 Å². The van der Waals surface area contributed by atoms with Crippen molar-refractivity contribution in [1.29, 1.82) is 0 Å². The average molecular weight is 359 g/mol. The number of ether oxygens (including phenoxy) is 2. The van der Waals surface area contributed by atoms with Gasteiger partial charge in [-0.15, -0.1) is 0 Å². The molecule has 3 aromatic carbocycles. The van der Waals surface area contributed by atoms with Gasteiger partial charge in [-0.05, 0) is 35.0 Å². The number of amides is 1. The van der Waals surface area contributed by atoms with Gasteiger partial charge in [0.15, 0.2) is 17.3 Å². The summed E-state index contributed by atoms with van der Waals surface area (Å²) in [7, 11) is 0. The van der Waals surface area contributed by atoms with Crippen LogP contribution < -0.4 is 14.8 Å². The third kappa shape index (κ3) is 2.87. The van der Waals surface area contributed by atoms with Crippen LogP contribution in [0, 0.1) is 0 Å². The van der Waals surface area contributed by atoms with E-state index in [2.05, 4.69) is 5.32 Å². The summed E-state index contributed by atoms with van der Waals surface area (Å²) in [5.41, 5.74) is 0.699. The van der Waals surface area contributed by atoms with Crippen LogP contribution in [0.1, 0.15) is 10.6 Å². The van der Waals surface area contributed by atoms with Crippen LogP contribution in [0.2, 0.25) is 0 Å². The number of para-hydroxylation sites is 2. The van der Waals surface area contributed by atoms with Crippen molar-refractivity contribution in [3.8, 4) is 11.5 Å². The fourth-order valence-corrected chi connectivity index (χ4v) is 3.36. The molecule has 4 aromatic rings. The van der Waals surface area contributed by atoms with Gasteiger partial charge in [0.2, 0.25) is 0 Å². The smallest absolute Gasteiger partial charge is 0.287 e. The summed E-state index contributed by atoms with van der Waals surface area (Å²) in [6, 6.07) is 21.2. The number of fused-ring (bicyclic) bond motifs is 4. The highest BCUT2D eigenvalue weighted by atomic mass is 16.6. The lowest BCUT2D eigenvalue weighted by Gasteiger charge is -2.26. The van der Waals surface area contributed by atoms with Crippen molar-refractivity contribution in [3.05, 3.63) is 72.5 Å². The molecular weight excluding hydrogens is 342 g/mol. The second-order valence-corrected chi connectivity index (χ2v) is 6.52. The zero-order chi connectivity index (χ0) is 18.2. The summed E-state index contributed by atoms with van der Waals surface area (Å²) in [6.07, 6.45) is -0.242. The van der Waals surface area contributed by atoms with Crippen molar-refractivity contribution in [2.24, 2.45) is 0 Å². The van der Waals surface area contributed by atoms with Gasteiger partial charge in [0.05, 0.1) is 6.54 Å². The minimum Gasteiger partial charge on any atom is -0.486 e. The number of carbonyl (C=O) groups excluding carboxylic acids is 1. The molecule has 1 amide bonds. The zero-order valence-electron chi connectivity index (χ0n) is 14.5. The van der Waals surface area contributed by atoms with E-state index in [0.717, 1.165) is 21.9 Å². The Morgan fingerprint density at radius 3 is 2.70 bits per heavy atom. The first-order valence-electron chi connectivity index (χ1n) is 8.86. The molecule has 1 N–H and O–H groups in total. The van der Waals surface area contributed by atoms with Crippen molar-refractivity contribution in [2.45, 2.75) is 6.10 Å². The highest BCUT2D eigenvalue weighted by Gasteiger charge is 2.22. The van der Waals surface area contributed by atoms with Gasteiger partial charge >= 0.3 is 0 Å². The van der Waals surface area contributed by atoms with Gasteiger partial charge in [-0.1, -0.05) is 42.5 Å². The Bertz CT molecular complexity index is 1150. The summed E-state index contributed by atoms with van der Waals surface area (Å²) >= 11 is 0. The fourth-order valence-electron chi connectivity index (χ4n) is 3.36. The van der Waals surface area contributed by atoms with Gasteiger partial charge in [-0.3, -0.25) is 4.79 Å². The molecule has 1 aliphatic rings. The molecule has 5 rings (SSSR count). The predicted molar refractivity (Wildman–Crippen MR) is 102 cm³/mol. The van der Waals surface area contributed by atoms with Gasteiger partial charge in [0.25, 0.3) is 5.91 Å². The summed E-state index contributed by atoms with van der Waals surface area (Å²) in [6.45, 7) is 0.729. The predicted octanol–water partition coefficient (Wildman–Crippen LogP) is 4.16. The quantitative estimate of drug-likeness (QED) is 0.597. The van der Waals surface area contributed by atoms with Crippen molar-refractivity contribution >= 4 is 27.6 Å². The van der Waals surface area contributed by atoms with E-state index in [1.54, 1.807) is 6.07 Å². The number of nitrogens with one attached hydrogen (secondary N) is 1. The molecule has 1 atom stereocenters. The van der Waals surface area contributed by atoms with E-state index in [1.165, 1.54) is 0 Å². The molecule has 0 fully saturated rings. The Hall–Kier alpha value is -3.47. The molecule has 0 saturated heterocycles. The van der Waals surface area contributed by atoms with E-state index >= 15 is 0 Å². The number of hydrogen-bond donors (Lipinski definition) is 1. The van der Waals surface area contributed by atoms with Crippen LogP contribution in [0.3, 0.4) is 0 Å². The summed E-state index contributed by atoms with van der Waals surface area (Å²) in [4.78, 5) is 12.5. The maximum Gasteiger partial charge on any atom is 0.287 e. The molecule has 1 aromatic heterocycles. The third-order valence-corrected chi connectivity index (χ3v) is 4.71. The van der Waals surface area contributed by atoms with E-state index in [4.69, 9.17) is 13.9 Å². The highest BCUT2D eigenvalue weighted by molar-refractivity contribution is 6.08. The van der Waals surface area contributed by atoms with Crippen molar-refractivity contribution in [1.82, 2.24) is 5.32 Å². The largest absolute Gasteiger partial charge is 0.486 e. The topological polar surface area (TPSA) is 60.7 Å². The SMILES string of the molecule is O=C(NCC1COc2ccccc2O1)c1cc2c(ccc3ccccc32)o1. The van der Waals surface area contributed by atoms with Crippen LogP contribution in [0.25, 0.3) is 21.7 Å². The molecule has 2 heterocycles. The first-order valence-corrected chi connectivity index (χ1v) is 8.86. The highest BCUT2D eigenvalue weighted by Crippen LogP contribution is 2.31. The lowest BCUT2D eigenvalue weighted by atomic mass is 10.1. The molecule has 27 heavy (non-hydrogen) atoms. The second kappa shape index (κ2) is 6.36. The molecule has 0 spiro atoms. The number of carbonyl (C=O) groups is 1. The van der Waals surface area contributed by atoms with E-state index in [0.29, 0.717) is 30.2 Å². The Labute approximate surface area is 155 Å². The number of rotatable bonds is 3. The molecule has 0 aliphatic carbocycles. The average Bonchev–Trinajstić information content (AvgIpc) is 3.17. The first kappa shape index (κ1) is 15.8. The summed E-state index contributed by atoms with van der Waals surface area (Å²) < 4.78 is 17.3. The zero-order valence-corrected chi connectivity index (χ0v) is 14.5. The molecule has 1 aliphatic heterocycles. The second-order valence-electron chi connectivity index (χ2n) is 6.52. The van der Waals surface area contributed by atoms with Crippen LogP contribution in [0.5, 0.6) is 11.5 Å². The van der Waals surface area contributed by atoms with E-state index < -0.39 is 0 Å². The molecule has 0 radical (unpaired) electrons. The Kier molecular flexibility index (Phi) is 3.71. The van der Waals surface area contributed by atoms with Gasteiger partial charge in [0.1, 0.15) is 18.3 Å². The van der Waals surface area contributed by atoms with Crippen LogP contribution >= 0.6 is 0 Å². The normalized spacial score (nSPS) is 15.8. The Morgan fingerprint density at radius 1 is 0.963 bits per heavy atom. The van der Waals surface area contributed by atoms with Crippen LogP contribution in [-0.4, -0.2) is 25.2 Å². The van der Waals surface area contributed by atoms with Crippen LogP contribution in [0.15, 0.2) is 71.1 Å². The maximum absolute atomic E-state index is 12.5. The molecule has 0 saturated carbocycles. The van der Waals surface area contributed by atoms with E-state index in [1.807, 2.05) is 60.7 Å².